The van der Waals surface area contributed by atoms with E-state index in [-0.39, 0.29) is 22.8 Å². The van der Waals surface area contributed by atoms with Gasteiger partial charge in [-0.1, -0.05) is 48.0 Å². The van der Waals surface area contributed by atoms with Gasteiger partial charge >= 0.3 is 0 Å². The summed E-state index contributed by atoms with van der Waals surface area (Å²) in [7, 11) is 0. The molecule has 0 bridgehead atoms. The molecule has 148 valence electrons. The van der Waals surface area contributed by atoms with Crippen molar-refractivity contribution in [2.24, 2.45) is 4.99 Å². The number of para-hydroxylation sites is 2. The summed E-state index contributed by atoms with van der Waals surface area (Å²) < 4.78 is 1.13. The molecular weight excluding hydrogens is 406 g/mol. The molecule has 0 amide bonds. The minimum absolute atomic E-state index is 0.131. The quantitative estimate of drug-likeness (QED) is 0.285. The van der Waals surface area contributed by atoms with Crippen molar-refractivity contribution in [1.29, 1.82) is 0 Å². The third-order valence-electron chi connectivity index (χ3n) is 4.58. The average molecular weight is 420 g/mol. The molecule has 1 aromatic heterocycles. The lowest BCUT2D eigenvalue weighted by Gasteiger charge is -2.14. The fourth-order valence-electron chi connectivity index (χ4n) is 3.21. The number of pyridine rings is 1. The van der Waals surface area contributed by atoms with E-state index in [2.05, 4.69) is 4.99 Å². The summed E-state index contributed by atoms with van der Waals surface area (Å²) in [5, 5.41) is 23.5. The lowest BCUT2D eigenvalue weighted by molar-refractivity contribution is -0.384. The second kappa shape index (κ2) is 7.81. The number of benzene rings is 3. The molecule has 0 atom stereocenters. The van der Waals surface area contributed by atoms with Gasteiger partial charge in [0.15, 0.2) is 0 Å². The summed E-state index contributed by atoms with van der Waals surface area (Å²) in [6.45, 7) is 0. The fraction of sp³-hybridized carbons (Fsp3) is 0. The second-order valence-electron chi connectivity index (χ2n) is 6.41. The molecular formula is C22H14ClN3O4. The molecule has 0 spiro atoms. The lowest BCUT2D eigenvalue weighted by atomic mass is 10.1. The van der Waals surface area contributed by atoms with Crippen LogP contribution >= 0.6 is 11.6 Å². The van der Waals surface area contributed by atoms with Gasteiger partial charge in [-0.15, -0.1) is 0 Å². The number of fused-ring (bicyclic) bond motifs is 1. The minimum atomic E-state index is -0.530. The number of aromatic nitrogens is 1. The van der Waals surface area contributed by atoms with E-state index in [0.717, 1.165) is 4.57 Å². The predicted molar refractivity (Wildman–Crippen MR) is 117 cm³/mol. The highest BCUT2D eigenvalue weighted by Crippen LogP contribution is 2.30. The molecule has 4 rings (SSSR count). The zero-order valence-corrected chi connectivity index (χ0v) is 16.2. The van der Waals surface area contributed by atoms with Crippen molar-refractivity contribution in [1.82, 2.24) is 4.57 Å². The van der Waals surface area contributed by atoms with Crippen LogP contribution in [0.4, 0.5) is 11.4 Å². The Morgan fingerprint density at radius 3 is 2.43 bits per heavy atom. The van der Waals surface area contributed by atoms with E-state index in [1.54, 1.807) is 60.7 Å². The summed E-state index contributed by atoms with van der Waals surface area (Å²) in [6.07, 6.45) is 1.32. The van der Waals surface area contributed by atoms with Crippen LogP contribution in [0.2, 0.25) is 5.02 Å². The zero-order valence-electron chi connectivity index (χ0n) is 15.4. The molecule has 3 aromatic carbocycles. The Labute approximate surface area is 175 Å². The molecule has 8 heteroatoms. The predicted octanol–water partition coefficient (Wildman–Crippen LogP) is 5.01. The molecule has 0 aliphatic heterocycles. The highest BCUT2D eigenvalue weighted by Gasteiger charge is 2.17. The first-order valence-corrected chi connectivity index (χ1v) is 9.25. The first-order valence-electron chi connectivity index (χ1n) is 8.87. The third-order valence-corrected chi connectivity index (χ3v) is 4.82. The van der Waals surface area contributed by atoms with Crippen LogP contribution in [0.25, 0.3) is 16.5 Å². The van der Waals surface area contributed by atoms with Crippen LogP contribution in [-0.2, 0) is 0 Å². The van der Waals surface area contributed by atoms with Crippen LogP contribution < -0.4 is 5.56 Å². The van der Waals surface area contributed by atoms with Crippen molar-refractivity contribution in [3.8, 4) is 11.6 Å². The van der Waals surface area contributed by atoms with Crippen molar-refractivity contribution in [3.63, 3.8) is 0 Å². The Kier molecular flexibility index (Phi) is 5.04. The Morgan fingerprint density at radius 1 is 1.00 bits per heavy atom. The number of aromatic hydroxyl groups is 1. The van der Waals surface area contributed by atoms with Crippen molar-refractivity contribution < 1.29 is 10.0 Å². The average Bonchev–Trinajstić information content (AvgIpc) is 2.74. The van der Waals surface area contributed by atoms with Gasteiger partial charge < -0.3 is 5.11 Å². The summed E-state index contributed by atoms with van der Waals surface area (Å²) in [6, 6.07) is 19.3. The Bertz CT molecular complexity index is 1380. The molecule has 1 N–H and O–H groups in total. The van der Waals surface area contributed by atoms with Gasteiger partial charge in [-0.2, -0.15) is 0 Å². The van der Waals surface area contributed by atoms with Gasteiger partial charge in [0.05, 0.1) is 16.2 Å². The topological polar surface area (TPSA) is 97.7 Å². The molecule has 1 heterocycles. The number of aliphatic imine (C=N–C) groups is 1. The maximum atomic E-state index is 13.1. The summed E-state index contributed by atoms with van der Waals surface area (Å²) in [5.41, 5.74) is 0.180. The lowest BCUT2D eigenvalue weighted by Crippen LogP contribution is -2.20. The van der Waals surface area contributed by atoms with E-state index in [9.17, 15) is 20.0 Å². The van der Waals surface area contributed by atoms with Gasteiger partial charge in [0.25, 0.3) is 11.2 Å². The van der Waals surface area contributed by atoms with Gasteiger partial charge in [0.1, 0.15) is 5.69 Å². The SMILES string of the molecule is O=c1c2ccccc2c(C=Nc2ccccc2[N+](=O)[O-])c(O)n1-c1cccc(Cl)c1. The molecule has 0 saturated heterocycles. The van der Waals surface area contributed by atoms with E-state index in [4.69, 9.17) is 11.6 Å². The molecule has 0 aliphatic carbocycles. The second-order valence-corrected chi connectivity index (χ2v) is 6.84. The largest absolute Gasteiger partial charge is 0.494 e. The Hall–Kier alpha value is -3.97. The zero-order chi connectivity index (χ0) is 21.3. The molecule has 30 heavy (non-hydrogen) atoms. The normalized spacial score (nSPS) is 11.2. The smallest absolute Gasteiger partial charge is 0.294 e. The van der Waals surface area contributed by atoms with Gasteiger partial charge in [-0.25, -0.2) is 9.56 Å². The van der Waals surface area contributed by atoms with Crippen molar-refractivity contribution in [3.05, 3.63) is 104 Å². The van der Waals surface area contributed by atoms with Gasteiger partial charge in [0, 0.05) is 28.1 Å². The minimum Gasteiger partial charge on any atom is -0.494 e. The van der Waals surface area contributed by atoms with Crippen molar-refractivity contribution in [2.75, 3.05) is 0 Å². The van der Waals surface area contributed by atoms with Crippen LogP contribution in [0.3, 0.4) is 0 Å². The van der Waals surface area contributed by atoms with E-state index >= 15 is 0 Å². The first-order chi connectivity index (χ1) is 14.5. The maximum Gasteiger partial charge on any atom is 0.294 e. The Morgan fingerprint density at radius 2 is 1.70 bits per heavy atom. The number of halogens is 1. The van der Waals surface area contributed by atoms with E-state index < -0.39 is 10.5 Å². The molecule has 0 saturated carbocycles. The summed E-state index contributed by atoms with van der Waals surface area (Å²) >= 11 is 6.06. The molecule has 4 aromatic rings. The fourth-order valence-corrected chi connectivity index (χ4v) is 3.39. The van der Waals surface area contributed by atoms with E-state index in [1.807, 2.05) is 0 Å². The number of hydrogen-bond acceptors (Lipinski definition) is 5. The number of nitrogens with zero attached hydrogens (tertiary/aromatic N) is 3. The monoisotopic (exact) mass is 419 g/mol. The number of nitro groups is 1. The van der Waals surface area contributed by atoms with E-state index in [0.29, 0.717) is 21.5 Å². The highest BCUT2D eigenvalue weighted by molar-refractivity contribution is 6.30. The summed E-state index contributed by atoms with van der Waals surface area (Å²) in [4.78, 5) is 28.0. The molecule has 7 nitrogen and oxygen atoms in total. The van der Waals surface area contributed by atoms with Gasteiger partial charge in [-0.3, -0.25) is 14.9 Å². The van der Waals surface area contributed by atoms with Gasteiger partial charge in [0.2, 0.25) is 5.88 Å². The van der Waals surface area contributed by atoms with Crippen LogP contribution in [0, 0.1) is 10.1 Å². The van der Waals surface area contributed by atoms with Crippen molar-refractivity contribution >= 4 is 40.0 Å². The Balaban J connectivity index is 1.99. The third kappa shape index (κ3) is 3.42. The highest BCUT2D eigenvalue weighted by atomic mass is 35.5. The number of rotatable bonds is 4. The number of hydrogen-bond donors (Lipinski definition) is 1. The van der Waals surface area contributed by atoms with Crippen LogP contribution in [0.5, 0.6) is 5.88 Å². The van der Waals surface area contributed by atoms with Gasteiger partial charge in [-0.05, 0) is 30.3 Å². The maximum absolute atomic E-state index is 13.1. The summed E-state index contributed by atoms with van der Waals surface area (Å²) in [5.74, 6) is -0.344. The molecule has 0 fully saturated rings. The molecule has 0 aliphatic rings. The number of nitro benzene ring substituents is 1. The van der Waals surface area contributed by atoms with Crippen LogP contribution in [0.1, 0.15) is 5.56 Å². The molecule has 0 unspecified atom stereocenters. The van der Waals surface area contributed by atoms with Crippen LogP contribution in [0.15, 0.2) is 82.6 Å². The molecule has 0 radical (unpaired) electrons. The van der Waals surface area contributed by atoms with Crippen LogP contribution in [-0.4, -0.2) is 20.8 Å². The van der Waals surface area contributed by atoms with Crippen molar-refractivity contribution in [2.45, 2.75) is 0 Å². The first kappa shape index (κ1) is 19.4. The van der Waals surface area contributed by atoms with E-state index in [1.165, 1.54) is 18.3 Å². The standard InChI is InChI=1S/C22H14ClN3O4/c23-14-6-5-7-15(12-14)25-21(27)17-9-2-1-8-16(17)18(22(25)28)13-24-19-10-3-4-11-20(19)26(29)30/h1-13,28H.